The molecular weight excluding hydrogens is 345 g/mol. The van der Waals surface area contributed by atoms with Crippen LogP contribution in [0.15, 0.2) is 61.1 Å². The number of alkyl halides is 3. The van der Waals surface area contributed by atoms with E-state index in [1.54, 1.807) is 24.3 Å². The second-order valence-electron chi connectivity index (χ2n) is 5.51. The quantitative estimate of drug-likeness (QED) is 0.629. The van der Waals surface area contributed by atoms with E-state index in [2.05, 4.69) is 9.97 Å². The third kappa shape index (κ3) is 4.11. The Morgan fingerprint density at radius 1 is 1.00 bits per heavy atom. The molecule has 1 aromatic heterocycles. The lowest BCUT2D eigenvalue weighted by atomic mass is 10.1. The molecule has 0 bridgehead atoms. The summed E-state index contributed by atoms with van der Waals surface area (Å²) in [6, 6.07) is 13.2. The molecule has 0 amide bonds. The first-order valence-electron chi connectivity index (χ1n) is 7.76. The molecule has 0 aliphatic rings. The van der Waals surface area contributed by atoms with Crippen molar-refractivity contribution < 1.29 is 22.6 Å². The Morgan fingerprint density at radius 2 is 1.77 bits per heavy atom. The molecule has 134 valence electrons. The van der Waals surface area contributed by atoms with E-state index in [4.69, 9.17) is 9.47 Å². The van der Waals surface area contributed by atoms with Crippen LogP contribution in [-0.2, 0) is 12.8 Å². The number of hydrogen-bond acceptors (Lipinski definition) is 4. The number of aryl methyl sites for hydroxylation is 1. The normalized spacial score (nSPS) is 11.2. The first-order chi connectivity index (χ1) is 12.4. The van der Waals surface area contributed by atoms with Gasteiger partial charge in [0.25, 0.3) is 0 Å². The maximum atomic E-state index is 13.6. The van der Waals surface area contributed by atoms with E-state index >= 15 is 0 Å². The van der Waals surface area contributed by atoms with Crippen molar-refractivity contribution in [3.05, 3.63) is 77.7 Å². The lowest BCUT2D eigenvalue weighted by Gasteiger charge is -2.19. The maximum absolute atomic E-state index is 13.6. The van der Waals surface area contributed by atoms with Crippen molar-refractivity contribution in [3.63, 3.8) is 0 Å². The highest BCUT2D eigenvalue weighted by Gasteiger charge is 2.38. The summed E-state index contributed by atoms with van der Waals surface area (Å²) in [6.07, 6.45) is -1.90. The molecule has 0 aliphatic carbocycles. The Hall–Kier alpha value is -3.09. The minimum Gasteiger partial charge on any atom is -0.484 e. The summed E-state index contributed by atoms with van der Waals surface area (Å²) in [4.78, 5) is 7.63. The van der Waals surface area contributed by atoms with Crippen LogP contribution in [0.25, 0.3) is 0 Å². The fraction of sp³-hybridized carbons (Fsp3) is 0.158. The summed E-state index contributed by atoms with van der Waals surface area (Å²) in [5.74, 6) is -0.293. The Kier molecular flexibility index (Phi) is 5.06. The fourth-order valence-corrected chi connectivity index (χ4v) is 2.42. The van der Waals surface area contributed by atoms with Gasteiger partial charge in [-0.1, -0.05) is 36.4 Å². The number of aromatic nitrogens is 2. The molecule has 0 unspecified atom stereocenters. The van der Waals surface area contributed by atoms with E-state index in [1.165, 1.54) is 37.6 Å². The number of hydrogen-bond donors (Lipinski definition) is 0. The van der Waals surface area contributed by atoms with Crippen molar-refractivity contribution >= 4 is 0 Å². The third-order valence-corrected chi connectivity index (χ3v) is 3.61. The Labute approximate surface area is 148 Å². The van der Waals surface area contributed by atoms with Gasteiger partial charge >= 0.3 is 6.18 Å². The first kappa shape index (κ1) is 17.7. The van der Waals surface area contributed by atoms with Crippen LogP contribution >= 0.6 is 0 Å². The van der Waals surface area contributed by atoms with Crippen LogP contribution in [0, 0.1) is 6.92 Å². The van der Waals surface area contributed by atoms with Crippen LogP contribution in [0.4, 0.5) is 13.2 Å². The highest BCUT2D eigenvalue weighted by molar-refractivity contribution is 5.53. The smallest absolute Gasteiger partial charge is 0.420 e. The molecule has 0 saturated heterocycles. The highest BCUT2D eigenvalue weighted by Crippen LogP contribution is 2.45. The van der Waals surface area contributed by atoms with Crippen LogP contribution in [-0.4, -0.2) is 9.97 Å². The van der Waals surface area contributed by atoms with Crippen molar-refractivity contribution in [1.29, 1.82) is 0 Å². The number of ether oxygens (including phenoxy) is 2. The predicted octanol–water partition coefficient (Wildman–Crippen LogP) is 5.18. The molecule has 4 nitrogen and oxygen atoms in total. The van der Waals surface area contributed by atoms with Crippen molar-refractivity contribution in [2.45, 2.75) is 19.7 Å². The van der Waals surface area contributed by atoms with E-state index in [1.807, 2.05) is 6.07 Å². The molecular formula is C19H15F3N2O2. The van der Waals surface area contributed by atoms with E-state index in [9.17, 15) is 13.2 Å². The van der Waals surface area contributed by atoms with Gasteiger partial charge in [-0.3, -0.25) is 0 Å². The van der Waals surface area contributed by atoms with E-state index in [0.717, 1.165) is 5.56 Å². The second kappa shape index (κ2) is 7.43. The van der Waals surface area contributed by atoms with Gasteiger partial charge in [-0.05, 0) is 24.1 Å². The van der Waals surface area contributed by atoms with Gasteiger partial charge in [0.2, 0.25) is 5.88 Å². The van der Waals surface area contributed by atoms with Crippen molar-refractivity contribution in [1.82, 2.24) is 9.97 Å². The molecule has 0 radical (unpaired) electrons. The van der Waals surface area contributed by atoms with Gasteiger partial charge in [-0.25, -0.2) is 9.97 Å². The third-order valence-electron chi connectivity index (χ3n) is 3.61. The van der Waals surface area contributed by atoms with Crippen LogP contribution in [0.1, 0.15) is 16.7 Å². The Balaban J connectivity index is 2.00. The topological polar surface area (TPSA) is 44.2 Å². The number of benzene rings is 2. The summed E-state index contributed by atoms with van der Waals surface area (Å²) in [5, 5.41) is 0. The molecule has 7 heteroatoms. The standard InChI is InChI=1S/C19H15F3N2O2/c1-13-7-8-15(26-16-9-10-23-12-24-16)18(17(13)19(20,21)22)25-11-14-5-3-2-4-6-14/h2-10,12H,11H2,1H3. The number of halogens is 3. The van der Waals surface area contributed by atoms with Gasteiger partial charge in [-0.2, -0.15) is 13.2 Å². The zero-order valence-corrected chi connectivity index (χ0v) is 13.8. The first-order valence-corrected chi connectivity index (χ1v) is 7.76. The number of rotatable bonds is 5. The monoisotopic (exact) mass is 360 g/mol. The molecule has 0 atom stereocenters. The molecule has 0 saturated carbocycles. The van der Waals surface area contributed by atoms with Gasteiger partial charge in [0.05, 0.1) is 0 Å². The highest BCUT2D eigenvalue weighted by atomic mass is 19.4. The molecule has 1 heterocycles. The van der Waals surface area contributed by atoms with Crippen LogP contribution < -0.4 is 9.47 Å². The van der Waals surface area contributed by atoms with Crippen LogP contribution in [0.5, 0.6) is 17.4 Å². The summed E-state index contributed by atoms with van der Waals surface area (Å²) >= 11 is 0. The molecule has 3 aromatic rings. The van der Waals surface area contributed by atoms with E-state index in [-0.39, 0.29) is 29.5 Å². The lowest BCUT2D eigenvalue weighted by molar-refractivity contribution is -0.139. The minimum absolute atomic E-state index is 0.0203. The molecule has 0 fully saturated rings. The number of nitrogens with zero attached hydrogens (tertiary/aromatic N) is 2. The zero-order valence-electron chi connectivity index (χ0n) is 13.8. The largest absolute Gasteiger partial charge is 0.484 e. The maximum Gasteiger partial charge on any atom is 0.420 e. The average molecular weight is 360 g/mol. The Bertz CT molecular complexity index is 869. The molecule has 3 rings (SSSR count). The zero-order chi connectivity index (χ0) is 18.6. The lowest BCUT2D eigenvalue weighted by Crippen LogP contribution is -2.12. The van der Waals surface area contributed by atoms with Crippen molar-refractivity contribution in [2.75, 3.05) is 0 Å². The van der Waals surface area contributed by atoms with E-state index in [0.29, 0.717) is 0 Å². The van der Waals surface area contributed by atoms with Gasteiger partial charge in [0.15, 0.2) is 11.5 Å². The van der Waals surface area contributed by atoms with Crippen LogP contribution in [0.2, 0.25) is 0 Å². The SMILES string of the molecule is Cc1ccc(Oc2ccncn2)c(OCc2ccccc2)c1C(F)(F)F. The van der Waals surface area contributed by atoms with Crippen molar-refractivity contribution in [3.8, 4) is 17.4 Å². The fourth-order valence-electron chi connectivity index (χ4n) is 2.42. The molecule has 0 aliphatic heterocycles. The molecule has 2 aromatic carbocycles. The van der Waals surface area contributed by atoms with Gasteiger partial charge in [-0.15, -0.1) is 0 Å². The summed E-state index contributed by atoms with van der Waals surface area (Å²) in [5.41, 5.74) is -0.0642. The molecule has 26 heavy (non-hydrogen) atoms. The summed E-state index contributed by atoms with van der Waals surface area (Å²) in [7, 11) is 0. The van der Waals surface area contributed by atoms with Gasteiger partial charge < -0.3 is 9.47 Å². The average Bonchev–Trinajstić information content (AvgIpc) is 2.62. The van der Waals surface area contributed by atoms with Crippen molar-refractivity contribution in [2.24, 2.45) is 0 Å². The minimum atomic E-state index is -4.58. The van der Waals surface area contributed by atoms with E-state index < -0.39 is 11.7 Å². The van der Waals surface area contributed by atoms with Gasteiger partial charge in [0.1, 0.15) is 18.5 Å². The van der Waals surface area contributed by atoms with Gasteiger partial charge in [0, 0.05) is 12.3 Å². The molecule has 0 N–H and O–H groups in total. The second-order valence-corrected chi connectivity index (χ2v) is 5.51. The van der Waals surface area contributed by atoms with Crippen LogP contribution in [0.3, 0.4) is 0 Å². The predicted molar refractivity (Wildman–Crippen MR) is 89.1 cm³/mol. The Morgan fingerprint density at radius 3 is 2.42 bits per heavy atom. The summed E-state index contributed by atoms with van der Waals surface area (Å²) < 4.78 is 51.8. The molecule has 0 spiro atoms. The summed E-state index contributed by atoms with van der Waals surface area (Å²) in [6.45, 7) is 1.36.